The molecular formula is C32H41ClF3NO12. The number of hydrogen-bond acceptors (Lipinski definition) is 11. The summed E-state index contributed by atoms with van der Waals surface area (Å²) in [5.74, 6) is -7.76. The first-order chi connectivity index (χ1) is 22.9. The lowest BCUT2D eigenvalue weighted by Crippen LogP contribution is -2.78. The number of carbonyl (C=O) groups excluding carboxylic acids is 1. The van der Waals surface area contributed by atoms with Crippen LogP contribution in [0.3, 0.4) is 0 Å². The molecule has 9 unspecified atom stereocenters. The third-order valence-electron chi connectivity index (χ3n) is 10.9. The first kappa shape index (κ1) is 36.5. The molecule has 6 fully saturated rings. The van der Waals surface area contributed by atoms with Crippen LogP contribution in [0.2, 0.25) is 0 Å². The van der Waals surface area contributed by atoms with Crippen molar-refractivity contribution >= 4 is 23.5 Å². The molecule has 6 N–H and O–H groups in total. The van der Waals surface area contributed by atoms with E-state index in [-0.39, 0.29) is 35.5 Å². The Bertz CT molecular complexity index is 1430. The van der Waals surface area contributed by atoms with E-state index in [0.717, 1.165) is 13.3 Å². The largest absolute Gasteiger partial charge is 0.476 e. The van der Waals surface area contributed by atoms with E-state index in [2.05, 4.69) is 5.32 Å². The van der Waals surface area contributed by atoms with Crippen molar-refractivity contribution in [2.75, 3.05) is 13.2 Å². The van der Waals surface area contributed by atoms with Crippen LogP contribution in [0, 0.1) is 17.8 Å². The molecule has 0 radical (unpaired) electrons. The molecule has 4 bridgehead atoms. The predicted octanol–water partition coefficient (Wildman–Crippen LogP) is 2.03. The van der Waals surface area contributed by atoms with E-state index in [0.29, 0.717) is 31.2 Å². The highest BCUT2D eigenvalue weighted by atomic mass is 35.5. The summed E-state index contributed by atoms with van der Waals surface area (Å²) in [7, 11) is 0. The summed E-state index contributed by atoms with van der Waals surface area (Å²) in [4.78, 5) is 35.8. The highest BCUT2D eigenvalue weighted by molar-refractivity contribution is 6.24. The fourth-order valence-electron chi connectivity index (χ4n) is 8.99. The maximum absolute atomic E-state index is 13.8. The quantitative estimate of drug-likeness (QED) is 0.144. The maximum atomic E-state index is 13.8. The average Bonchev–Trinajstić information content (AvgIpc) is 2.99. The number of aliphatic hydroxyl groups excluding tert-OH is 4. The molecule has 0 aromatic heterocycles. The number of carboxylic acids is 1. The third kappa shape index (κ3) is 6.10. The minimum atomic E-state index is -4.74. The third-order valence-corrected chi connectivity index (χ3v) is 11.3. The van der Waals surface area contributed by atoms with Gasteiger partial charge in [0.15, 0.2) is 5.60 Å². The van der Waals surface area contributed by atoms with Gasteiger partial charge >= 0.3 is 17.9 Å². The van der Waals surface area contributed by atoms with Gasteiger partial charge in [0.25, 0.3) is 5.79 Å². The van der Waals surface area contributed by atoms with Gasteiger partial charge in [0.1, 0.15) is 30.7 Å². The normalized spacial score (nSPS) is 40.9. The monoisotopic (exact) mass is 723 g/mol. The number of aliphatic carboxylic acids is 1. The number of hydrogen-bond donors (Lipinski definition) is 6. The second-order valence-corrected chi connectivity index (χ2v) is 14.9. The molecule has 1 aromatic rings. The van der Waals surface area contributed by atoms with Crippen LogP contribution in [0.1, 0.15) is 63.5 Å². The summed E-state index contributed by atoms with van der Waals surface area (Å²) >= 11 is 6.96. The second kappa shape index (κ2) is 12.7. The van der Waals surface area contributed by atoms with Gasteiger partial charge in [-0.05, 0) is 67.9 Å². The summed E-state index contributed by atoms with van der Waals surface area (Å²) in [6, 6.07) is 2.90. The highest BCUT2D eigenvalue weighted by Gasteiger charge is 2.79. The van der Waals surface area contributed by atoms with Crippen LogP contribution in [-0.4, -0.2) is 104 Å². The molecule has 2 aliphatic heterocycles. The minimum absolute atomic E-state index is 0.0617. The maximum Gasteiger partial charge on any atom is 0.411 e. The molecule has 7 rings (SSSR count). The molecular weight excluding hydrogens is 683 g/mol. The van der Waals surface area contributed by atoms with Crippen LogP contribution < -0.4 is 10.1 Å². The zero-order chi connectivity index (χ0) is 35.7. The van der Waals surface area contributed by atoms with Crippen molar-refractivity contribution in [3.05, 3.63) is 29.3 Å². The van der Waals surface area contributed by atoms with Gasteiger partial charge < -0.3 is 45.1 Å². The lowest BCUT2D eigenvalue weighted by Gasteiger charge is -2.70. The summed E-state index contributed by atoms with van der Waals surface area (Å²) < 4.78 is 58.8. The fourth-order valence-corrected chi connectivity index (χ4v) is 9.58. The smallest absolute Gasteiger partial charge is 0.411 e. The van der Waals surface area contributed by atoms with Gasteiger partial charge in [-0.15, -0.1) is 11.6 Å². The summed E-state index contributed by atoms with van der Waals surface area (Å²) in [6.07, 6.45) is -9.61. The van der Waals surface area contributed by atoms with Gasteiger partial charge in [0.2, 0.25) is 5.91 Å². The number of carboxylic acid groups (broad SMARTS) is 1. The topological polar surface area (TPSA) is 193 Å². The number of benzene rings is 1. The molecule has 17 heteroatoms. The number of nitrogens with one attached hydrogen (secondary N) is 1. The first-order valence-electron chi connectivity index (χ1n) is 16.3. The van der Waals surface area contributed by atoms with Crippen molar-refractivity contribution in [3.8, 4) is 5.75 Å². The number of alkyl halides is 4. The molecule has 1 amide bonds. The van der Waals surface area contributed by atoms with Crippen LogP contribution in [0.15, 0.2) is 18.2 Å². The molecule has 49 heavy (non-hydrogen) atoms. The molecule has 1 aromatic carbocycles. The summed E-state index contributed by atoms with van der Waals surface area (Å²) in [5, 5.41) is 54.4. The minimum Gasteiger partial charge on any atom is -0.476 e. The summed E-state index contributed by atoms with van der Waals surface area (Å²) in [6.45, 7) is 0.189. The van der Waals surface area contributed by atoms with Gasteiger partial charge in [-0.1, -0.05) is 19.1 Å². The molecule has 4 aliphatic carbocycles. The van der Waals surface area contributed by atoms with Crippen molar-refractivity contribution in [1.29, 1.82) is 0 Å². The Hall–Kier alpha value is -2.28. The van der Waals surface area contributed by atoms with Crippen molar-refractivity contribution in [1.82, 2.24) is 5.32 Å². The number of aryl methyl sites for hydroxylation is 1. The van der Waals surface area contributed by atoms with Crippen molar-refractivity contribution in [2.24, 2.45) is 17.8 Å². The van der Waals surface area contributed by atoms with Gasteiger partial charge in [0.05, 0.1) is 25.2 Å². The Morgan fingerprint density at radius 1 is 1.12 bits per heavy atom. The van der Waals surface area contributed by atoms with E-state index in [4.69, 9.17) is 35.6 Å². The molecule has 9 atom stereocenters. The van der Waals surface area contributed by atoms with Gasteiger partial charge in [-0.2, -0.15) is 18.1 Å². The average molecular weight is 724 g/mol. The SMILES string of the molecule is CCc1ccc(C2(OCC(F)(F)F)OOC23C2CC4CC3CC(Cl)(C4)C2)cc1OC1(C(=O)O)CC(O)C(NC(C)=O)C(C(O)C(O)CO)O1. The molecule has 274 valence electrons. The van der Waals surface area contributed by atoms with E-state index in [1.165, 1.54) is 18.2 Å². The van der Waals surface area contributed by atoms with Crippen molar-refractivity contribution in [2.45, 2.75) is 117 Å². The van der Waals surface area contributed by atoms with Gasteiger partial charge in [-0.25, -0.2) is 9.68 Å². The highest BCUT2D eigenvalue weighted by Crippen LogP contribution is 2.71. The number of amides is 1. The number of aliphatic hydroxyl groups is 4. The van der Waals surface area contributed by atoms with Crippen LogP contribution in [0.25, 0.3) is 0 Å². The lowest BCUT2D eigenvalue weighted by atomic mass is 9.46. The van der Waals surface area contributed by atoms with Gasteiger partial charge in [-0.3, -0.25) is 4.79 Å². The van der Waals surface area contributed by atoms with E-state index in [1.54, 1.807) is 6.92 Å². The Morgan fingerprint density at radius 2 is 1.80 bits per heavy atom. The zero-order valence-electron chi connectivity index (χ0n) is 26.8. The van der Waals surface area contributed by atoms with Crippen LogP contribution in [0.5, 0.6) is 5.75 Å². The molecule has 2 heterocycles. The second-order valence-electron chi connectivity index (χ2n) is 14.1. The lowest BCUT2D eigenvalue weighted by molar-refractivity contribution is -0.650. The standard InChI is InChI=1S/C32H41ClF3NO12/c1-3-17-4-5-18(32(45-14-30(34,35)36)31(48-49-32)19-6-16-7-20(31)11-28(33,9-16)10-19)8-23(17)46-29(27(43)44)12-21(40)24(37-15(2)39)26(47-29)25(42)22(41)13-38/h4-5,8,16,19-22,24-26,38,40-42H,3,6-7,9-14H2,1-2H3,(H,37,39)(H,43,44). The zero-order valence-corrected chi connectivity index (χ0v) is 27.6. The molecule has 1 spiro atoms. The first-order valence-corrected chi connectivity index (χ1v) is 16.7. The Kier molecular flexibility index (Phi) is 9.49. The Labute approximate surface area is 284 Å². The van der Waals surface area contributed by atoms with E-state index < -0.39 is 90.2 Å². The van der Waals surface area contributed by atoms with Crippen LogP contribution in [0.4, 0.5) is 13.2 Å². The van der Waals surface area contributed by atoms with E-state index >= 15 is 0 Å². The molecule has 6 aliphatic rings. The molecule has 13 nitrogen and oxygen atoms in total. The van der Waals surface area contributed by atoms with Crippen molar-refractivity contribution in [3.63, 3.8) is 0 Å². The number of rotatable bonds is 11. The number of ether oxygens (including phenoxy) is 3. The number of halogens is 4. The summed E-state index contributed by atoms with van der Waals surface area (Å²) in [5.41, 5.74) is -0.877. The van der Waals surface area contributed by atoms with E-state index in [1.807, 2.05) is 0 Å². The fraction of sp³-hybridized carbons (Fsp3) is 0.750. The van der Waals surface area contributed by atoms with Crippen LogP contribution >= 0.6 is 11.6 Å². The van der Waals surface area contributed by atoms with Crippen molar-refractivity contribution < 1.29 is 72.3 Å². The predicted molar refractivity (Wildman–Crippen MR) is 160 cm³/mol. The molecule has 2 saturated heterocycles. The Balaban J connectivity index is 1.41. The molecule has 4 saturated carbocycles. The van der Waals surface area contributed by atoms with Crippen LogP contribution in [-0.2, 0) is 41.0 Å². The number of carbonyl (C=O) groups is 2. The van der Waals surface area contributed by atoms with Gasteiger partial charge in [0, 0.05) is 17.4 Å². The van der Waals surface area contributed by atoms with E-state index in [9.17, 15) is 48.3 Å². The Morgan fingerprint density at radius 3 is 2.31 bits per heavy atom.